The molecule has 0 aliphatic carbocycles. The summed E-state index contributed by atoms with van der Waals surface area (Å²) in [6.07, 6.45) is 0. The second-order valence-corrected chi connectivity index (χ2v) is 10.7. The summed E-state index contributed by atoms with van der Waals surface area (Å²) in [6.45, 7) is 4.03. The van der Waals surface area contributed by atoms with Crippen LogP contribution in [0.25, 0.3) is 10.2 Å². The molecule has 8 nitrogen and oxygen atoms in total. The van der Waals surface area contributed by atoms with Crippen molar-refractivity contribution in [1.29, 1.82) is 0 Å². The third-order valence-electron chi connectivity index (χ3n) is 6.90. The Hall–Kier alpha value is -4.89. The van der Waals surface area contributed by atoms with Gasteiger partial charge in [-0.3, -0.25) is 14.5 Å². The van der Waals surface area contributed by atoms with Gasteiger partial charge in [-0.1, -0.05) is 53.8 Å². The molecule has 9 heteroatoms. The fourth-order valence-electron chi connectivity index (χ4n) is 4.87. The van der Waals surface area contributed by atoms with Crippen molar-refractivity contribution in [3.8, 4) is 11.5 Å². The first-order valence-electron chi connectivity index (χ1n) is 12.9. The van der Waals surface area contributed by atoms with Gasteiger partial charge >= 0.3 is 0 Å². The van der Waals surface area contributed by atoms with E-state index < -0.39 is 23.5 Å². The molecule has 1 unspecified atom stereocenters. The van der Waals surface area contributed by atoms with Crippen molar-refractivity contribution in [3.63, 3.8) is 0 Å². The van der Waals surface area contributed by atoms with Crippen LogP contribution in [0.2, 0.25) is 0 Å². The molecule has 0 bridgehead atoms. The smallest absolute Gasteiger partial charge is 0.296 e. The number of aliphatic hydroxyl groups excluding tert-OH is 1. The molecule has 3 heterocycles. The molecule has 6 rings (SSSR count). The number of amides is 1. The molecule has 2 aromatic heterocycles. The highest BCUT2D eigenvalue weighted by atomic mass is 32.1. The van der Waals surface area contributed by atoms with Gasteiger partial charge in [0.15, 0.2) is 28.1 Å². The summed E-state index contributed by atoms with van der Waals surface area (Å²) in [4.78, 5) is 33.4. The molecule has 1 atom stereocenters. The molecular formula is C32H26N2O6S. The number of rotatable bonds is 8. The molecule has 1 aliphatic heterocycles. The third-order valence-corrected chi connectivity index (χ3v) is 7.91. The molecule has 41 heavy (non-hydrogen) atoms. The zero-order valence-corrected chi connectivity index (χ0v) is 23.4. The number of ketones is 1. The summed E-state index contributed by atoms with van der Waals surface area (Å²) in [5.74, 6) is -0.481. The van der Waals surface area contributed by atoms with Crippen LogP contribution in [0.15, 0.2) is 94.6 Å². The van der Waals surface area contributed by atoms with E-state index in [1.54, 1.807) is 31.2 Å². The van der Waals surface area contributed by atoms with E-state index in [-0.39, 0.29) is 11.3 Å². The number of ether oxygens (including phenoxy) is 2. The number of carbonyl (C=O) groups is 2. The number of aryl methyl sites for hydroxylation is 2. The topological polar surface area (TPSA) is 102 Å². The number of Topliss-reactive ketones (excluding diaryl/α,β-unsaturated/α-hetero) is 1. The second-order valence-electron chi connectivity index (χ2n) is 9.73. The summed E-state index contributed by atoms with van der Waals surface area (Å²) in [5, 5.41) is 11.5. The Labute approximate surface area is 240 Å². The van der Waals surface area contributed by atoms with Crippen LogP contribution in [0.3, 0.4) is 0 Å². The lowest BCUT2D eigenvalue weighted by molar-refractivity contribution is -0.117. The minimum atomic E-state index is -0.987. The van der Waals surface area contributed by atoms with Gasteiger partial charge < -0.3 is 19.0 Å². The van der Waals surface area contributed by atoms with Crippen molar-refractivity contribution < 1.29 is 28.6 Å². The minimum absolute atomic E-state index is 0.0263. The lowest BCUT2D eigenvalue weighted by Crippen LogP contribution is -2.31. The van der Waals surface area contributed by atoms with Crippen LogP contribution in [0.1, 0.15) is 39.0 Å². The number of benzene rings is 3. The summed E-state index contributed by atoms with van der Waals surface area (Å²) >= 11 is 1.31. The van der Waals surface area contributed by atoms with Gasteiger partial charge in [-0.25, -0.2) is 4.98 Å². The summed E-state index contributed by atoms with van der Waals surface area (Å²) < 4.78 is 18.1. The second kappa shape index (κ2) is 10.6. The van der Waals surface area contributed by atoms with Crippen molar-refractivity contribution >= 4 is 38.4 Å². The quantitative estimate of drug-likeness (QED) is 0.204. The highest BCUT2D eigenvalue weighted by molar-refractivity contribution is 7.22. The first-order valence-corrected chi connectivity index (χ1v) is 13.8. The number of furan rings is 1. The molecule has 0 saturated heterocycles. The Morgan fingerprint density at radius 3 is 2.56 bits per heavy atom. The SMILES string of the molecule is COc1cc(C2C(C(=O)c3ccc(C)o3)=C(O)C(=O)N2c2nc3ccc(C)cc3s2)ccc1OCc1ccccc1. The van der Waals surface area contributed by atoms with Gasteiger partial charge in [0.05, 0.1) is 28.9 Å². The van der Waals surface area contributed by atoms with E-state index in [4.69, 9.17) is 13.9 Å². The number of methoxy groups -OCH3 is 1. The van der Waals surface area contributed by atoms with Gasteiger partial charge in [0.2, 0.25) is 5.78 Å². The Morgan fingerprint density at radius 1 is 1.02 bits per heavy atom. The Morgan fingerprint density at radius 2 is 1.83 bits per heavy atom. The molecule has 1 amide bonds. The van der Waals surface area contributed by atoms with Gasteiger partial charge in [-0.05, 0) is 66.9 Å². The monoisotopic (exact) mass is 566 g/mol. The molecular weight excluding hydrogens is 540 g/mol. The van der Waals surface area contributed by atoms with Crippen LogP contribution in [0.4, 0.5) is 5.13 Å². The van der Waals surface area contributed by atoms with Crippen LogP contribution in [0.5, 0.6) is 11.5 Å². The van der Waals surface area contributed by atoms with Crippen molar-refractivity contribution in [2.45, 2.75) is 26.5 Å². The lowest BCUT2D eigenvalue weighted by atomic mass is 9.95. The van der Waals surface area contributed by atoms with Crippen LogP contribution in [-0.4, -0.2) is 28.9 Å². The maximum atomic E-state index is 13.7. The summed E-state index contributed by atoms with van der Waals surface area (Å²) in [5.41, 5.74) is 3.20. The fraction of sp³-hybridized carbons (Fsp3) is 0.156. The molecule has 1 aliphatic rings. The average molecular weight is 567 g/mol. The number of nitrogens with zero attached hydrogens (tertiary/aromatic N) is 2. The Balaban J connectivity index is 1.44. The standard InChI is InChI=1S/C32H26N2O6S/c1-18-9-12-22-26(15-18)41-32(33-22)34-28(27(30(36)31(34)37)29(35)24-13-10-19(2)40-24)21-11-14-23(25(16-21)38-3)39-17-20-7-5-4-6-8-20/h4-16,28,36H,17H2,1-3H3. The van der Waals surface area contributed by atoms with Gasteiger partial charge in [-0.15, -0.1) is 0 Å². The van der Waals surface area contributed by atoms with Crippen LogP contribution >= 0.6 is 11.3 Å². The number of anilines is 1. The van der Waals surface area contributed by atoms with Crippen molar-refractivity contribution in [2.24, 2.45) is 0 Å². The molecule has 1 N–H and O–H groups in total. The van der Waals surface area contributed by atoms with Crippen LogP contribution in [0, 0.1) is 13.8 Å². The number of carbonyl (C=O) groups excluding carboxylic acids is 2. The molecule has 5 aromatic rings. The van der Waals surface area contributed by atoms with Gasteiger partial charge in [0.25, 0.3) is 5.91 Å². The number of thiazole rings is 1. The van der Waals surface area contributed by atoms with E-state index in [9.17, 15) is 14.7 Å². The maximum absolute atomic E-state index is 13.7. The molecule has 0 fully saturated rings. The molecule has 3 aromatic carbocycles. The highest BCUT2D eigenvalue weighted by Crippen LogP contribution is 2.46. The zero-order chi connectivity index (χ0) is 28.7. The van der Waals surface area contributed by atoms with E-state index in [0.29, 0.717) is 40.1 Å². The number of hydrogen-bond acceptors (Lipinski definition) is 8. The molecule has 0 spiro atoms. The highest BCUT2D eigenvalue weighted by Gasteiger charge is 2.46. The zero-order valence-electron chi connectivity index (χ0n) is 22.6. The number of hydrogen-bond donors (Lipinski definition) is 1. The van der Waals surface area contributed by atoms with Gasteiger partial charge in [0, 0.05) is 0 Å². The van der Waals surface area contributed by atoms with E-state index >= 15 is 0 Å². The summed E-state index contributed by atoms with van der Waals surface area (Å²) in [7, 11) is 1.52. The number of aromatic nitrogens is 1. The first kappa shape index (κ1) is 26.3. The third kappa shape index (κ3) is 4.85. The molecule has 206 valence electrons. The fourth-order valence-corrected chi connectivity index (χ4v) is 5.96. The lowest BCUT2D eigenvalue weighted by Gasteiger charge is -2.25. The minimum Gasteiger partial charge on any atom is -0.503 e. The van der Waals surface area contributed by atoms with Crippen LogP contribution < -0.4 is 14.4 Å². The molecule has 0 saturated carbocycles. The van der Waals surface area contributed by atoms with Crippen molar-refractivity contribution in [3.05, 3.63) is 118 Å². The average Bonchev–Trinajstić information content (AvgIpc) is 3.67. The van der Waals surface area contributed by atoms with Gasteiger partial charge in [0.1, 0.15) is 12.4 Å². The first-order chi connectivity index (χ1) is 19.8. The van der Waals surface area contributed by atoms with Crippen LogP contribution in [-0.2, 0) is 11.4 Å². The Bertz CT molecular complexity index is 1820. The van der Waals surface area contributed by atoms with E-state index in [1.165, 1.54) is 29.4 Å². The normalized spacial score (nSPS) is 15.1. The predicted molar refractivity (Wildman–Crippen MR) is 156 cm³/mol. The maximum Gasteiger partial charge on any atom is 0.296 e. The van der Waals surface area contributed by atoms with E-state index in [2.05, 4.69) is 4.98 Å². The van der Waals surface area contributed by atoms with Crippen molar-refractivity contribution in [2.75, 3.05) is 12.0 Å². The number of aliphatic hydroxyl groups is 1. The van der Waals surface area contributed by atoms with E-state index in [1.807, 2.05) is 55.5 Å². The Kier molecular flexibility index (Phi) is 6.80. The predicted octanol–water partition coefficient (Wildman–Crippen LogP) is 6.88. The summed E-state index contributed by atoms with van der Waals surface area (Å²) in [6, 6.07) is 22.9. The molecule has 0 radical (unpaired) electrons. The largest absolute Gasteiger partial charge is 0.503 e. The number of fused-ring (bicyclic) bond motifs is 1. The van der Waals surface area contributed by atoms with Crippen molar-refractivity contribution in [1.82, 2.24) is 4.98 Å². The van der Waals surface area contributed by atoms with E-state index in [0.717, 1.165) is 15.8 Å². The van der Waals surface area contributed by atoms with Gasteiger partial charge in [-0.2, -0.15) is 0 Å².